The van der Waals surface area contributed by atoms with Gasteiger partial charge in [-0.05, 0) is 30.5 Å². The van der Waals surface area contributed by atoms with Crippen LogP contribution in [0.1, 0.15) is 45.9 Å². The minimum atomic E-state index is -4.47. The summed E-state index contributed by atoms with van der Waals surface area (Å²) in [5.74, 6) is -0.646. The predicted molar refractivity (Wildman–Crippen MR) is 119 cm³/mol. The normalized spacial score (nSPS) is 16.1. The number of alkyl halides is 3. The lowest BCUT2D eigenvalue weighted by molar-refractivity contribution is -0.137. The van der Waals surface area contributed by atoms with Crippen LogP contribution in [-0.4, -0.2) is 35.0 Å². The van der Waals surface area contributed by atoms with Crippen molar-refractivity contribution in [3.63, 3.8) is 0 Å². The van der Waals surface area contributed by atoms with Gasteiger partial charge in [-0.2, -0.15) is 13.2 Å². The zero-order valence-electron chi connectivity index (χ0n) is 18.9. The number of aromatic nitrogens is 1. The molecule has 1 amide bonds. The van der Waals surface area contributed by atoms with Crippen LogP contribution in [0.4, 0.5) is 17.6 Å². The van der Waals surface area contributed by atoms with Crippen LogP contribution in [0.3, 0.4) is 0 Å². The Labute approximate surface area is 199 Å². The molecule has 1 fully saturated rings. The second-order valence-electron chi connectivity index (χ2n) is 8.41. The molecule has 1 aromatic heterocycles. The standard InChI is InChI=1S/C25H25F4N3O3/c26-21-9-2-1-6-18(21)14-32(13-17-5-3-7-19(11-17)25(27,28)29)15-23-31-22(16-35-23)24(33)30-12-20-8-4-10-34-20/h1-3,5-7,9,11,16,20H,4,8,10,12-15H2,(H,30,33). The van der Waals surface area contributed by atoms with E-state index in [0.717, 1.165) is 25.0 Å². The highest BCUT2D eigenvalue weighted by atomic mass is 19.4. The molecule has 0 spiro atoms. The van der Waals surface area contributed by atoms with E-state index in [2.05, 4.69) is 10.3 Å². The molecule has 1 aliphatic heterocycles. The molecule has 1 aliphatic rings. The van der Waals surface area contributed by atoms with E-state index in [1.807, 2.05) is 0 Å². The first-order valence-corrected chi connectivity index (χ1v) is 11.2. The summed E-state index contributed by atoms with van der Waals surface area (Å²) >= 11 is 0. The van der Waals surface area contributed by atoms with Crippen LogP contribution in [0.5, 0.6) is 0 Å². The van der Waals surface area contributed by atoms with Crippen molar-refractivity contribution in [3.8, 4) is 0 Å². The van der Waals surface area contributed by atoms with Crippen molar-refractivity contribution in [3.05, 3.63) is 88.9 Å². The fourth-order valence-electron chi connectivity index (χ4n) is 3.92. The SMILES string of the molecule is O=C(NCC1CCCO1)c1coc(CN(Cc2cccc(C(F)(F)F)c2)Cc2ccccc2F)n1. The number of carbonyl (C=O) groups excluding carboxylic acids is 1. The van der Waals surface area contributed by atoms with Crippen molar-refractivity contribution in [2.45, 2.75) is 44.8 Å². The number of rotatable bonds is 9. The predicted octanol–water partition coefficient (Wildman–Crippen LogP) is 4.94. The molecule has 6 nitrogen and oxygen atoms in total. The molecule has 35 heavy (non-hydrogen) atoms. The van der Waals surface area contributed by atoms with Gasteiger partial charge in [0.2, 0.25) is 5.89 Å². The highest BCUT2D eigenvalue weighted by Gasteiger charge is 2.30. The van der Waals surface area contributed by atoms with E-state index in [1.54, 1.807) is 29.2 Å². The molecule has 0 saturated carbocycles. The highest BCUT2D eigenvalue weighted by molar-refractivity contribution is 5.91. The van der Waals surface area contributed by atoms with Crippen molar-refractivity contribution in [1.29, 1.82) is 0 Å². The number of nitrogens with zero attached hydrogens (tertiary/aromatic N) is 2. The van der Waals surface area contributed by atoms with Crippen molar-refractivity contribution in [2.75, 3.05) is 13.2 Å². The van der Waals surface area contributed by atoms with E-state index in [-0.39, 0.29) is 37.3 Å². The number of hydrogen-bond acceptors (Lipinski definition) is 5. The van der Waals surface area contributed by atoms with Crippen LogP contribution in [0.25, 0.3) is 0 Å². The number of amides is 1. The summed E-state index contributed by atoms with van der Waals surface area (Å²) in [7, 11) is 0. The summed E-state index contributed by atoms with van der Waals surface area (Å²) in [6, 6.07) is 11.1. The molecule has 2 aromatic carbocycles. The van der Waals surface area contributed by atoms with Gasteiger partial charge in [-0.3, -0.25) is 9.69 Å². The van der Waals surface area contributed by atoms with Crippen LogP contribution >= 0.6 is 0 Å². The van der Waals surface area contributed by atoms with E-state index in [0.29, 0.717) is 24.3 Å². The molecule has 0 radical (unpaired) electrons. The Kier molecular flexibility index (Phi) is 7.82. The molecule has 2 heterocycles. The Morgan fingerprint density at radius 1 is 1.11 bits per heavy atom. The smallest absolute Gasteiger partial charge is 0.416 e. The van der Waals surface area contributed by atoms with Gasteiger partial charge >= 0.3 is 6.18 Å². The number of nitrogens with one attached hydrogen (secondary N) is 1. The molecule has 1 atom stereocenters. The van der Waals surface area contributed by atoms with Gasteiger partial charge in [0.15, 0.2) is 5.69 Å². The molecule has 0 aliphatic carbocycles. The molecule has 10 heteroatoms. The minimum absolute atomic E-state index is 0.0194. The van der Waals surface area contributed by atoms with Gasteiger partial charge < -0.3 is 14.5 Å². The van der Waals surface area contributed by atoms with E-state index < -0.39 is 23.5 Å². The van der Waals surface area contributed by atoms with Crippen LogP contribution in [-0.2, 0) is 30.5 Å². The lowest BCUT2D eigenvalue weighted by Crippen LogP contribution is -2.32. The summed E-state index contributed by atoms with van der Waals surface area (Å²) < 4.78 is 64.7. The molecule has 186 valence electrons. The van der Waals surface area contributed by atoms with Gasteiger partial charge in [-0.25, -0.2) is 9.37 Å². The van der Waals surface area contributed by atoms with E-state index in [1.165, 1.54) is 18.4 Å². The molecular formula is C25H25F4N3O3. The largest absolute Gasteiger partial charge is 0.447 e. The molecule has 4 rings (SSSR count). The van der Waals surface area contributed by atoms with E-state index in [4.69, 9.17) is 9.15 Å². The Bertz CT molecular complexity index is 1140. The average Bonchev–Trinajstić information content (AvgIpc) is 3.51. The van der Waals surface area contributed by atoms with Crippen molar-refractivity contribution < 1.29 is 31.5 Å². The second kappa shape index (κ2) is 11.0. The zero-order valence-corrected chi connectivity index (χ0v) is 18.9. The molecule has 0 bridgehead atoms. The number of ether oxygens (including phenoxy) is 1. The Balaban J connectivity index is 1.47. The zero-order chi connectivity index (χ0) is 24.8. The third kappa shape index (κ3) is 6.89. The average molecular weight is 491 g/mol. The number of hydrogen-bond donors (Lipinski definition) is 1. The first kappa shape index (κ1) is 24.9. The summed E-state index contributed by atoms with van der Waals surface area (Å²) in [5, 5.41) is 2.76. The number of oxazole rings is 1. The first-order chi connectivity index (χ1) is 16.8. The fourth-order valence-corrected chi connectivity index (χ4v) is 3.92. The molecular weight excluding hydrogens is 466 g/mol. The van der Waals surface area contributed by atoms with Gasteiger partial charge in [0, 0.05) is 31.8 Å². The quantitative estimate of drug-likeness (QED) is 0.430. The minimum Gasteiger partial charge on any atom is -0.447 e. The topological polar surface area (TPSA) is 67.6 Å². The summed E-state index contributed by atoms with van der Waals surface area (Å²) in [6.45, 7) is 1.30. The van der Waals surface area contributed by atoms with Gasteiger partial charge in [-0.1, -0.05) is 36.4 Å². The molecule has 1 N–H and O–H groups in total. The van der Waals surface area contributed by atoms with Crippen LogP contribution in [0, 0.1) is 5.82 Å². The maximum absolute atomic E-state index is 14.3. The van der Waals surface area contributed by atoms with Crippen LogP contribution in [0.2, 0.25) is 0 Å². The van der Waals surface area contributed by atoms with Crippen molar-refractivity contribution in [2.24, 2.45) is 0 Å². The van der Waals surface area contributed by atoms with Crippen LogP contribution < -0.4 is 5.32 Å². The summed E-state index contributed by atoms with van der Waals surface area (Å²) in [6.07, 6.45) is -1.43. The monoisotopic (exact) mass is 491 g/mol. The molecule has 1 saturated heterocycles. The number of carbonyl (C=O) groups is 1. The molecule has 3 aromatic rings. The van der Waals surface area contributed by atoms with Gasteiger partial charge in [0.25, 0.3) is 5.91 Å². The van der Waals surface area contributed by atoms with E-state index >= 15 is 0 Å². The number of benzene rings is 2. The molecule has 1 unspecified atom stereocenters. The number of halogens is 4. The highest BCUT2D eigenvalue weighted by Crippen LogP contribution is 2.30. The Morgan fingerprint density at radius 2 is 1.94 bits per heavy atom. The summed E-state index contributed by atoms with van der Waals surface area (Å²) in [4.78, 5) is 18.3. The van der Waals surface area contributed by atoms with Crippen molar-refractivity contribution in [1.82, 2.24) is 15.2 Å². The lowest BCUT2D eigenvalue weighted by atomic mass is 10.1. The van der Waals surface area contributed by atoms with Gasteiger partial charge in [0.05, 0.1) is 18.2 Å². The Morgan fingerprint density at radius 3 is 2.69 bits per heavy atom. The third-order valence-corrected chi connectivity index (χ3v) is 5.67. The maximum Gasteiger partial charge on any atom is 0.416 e. The van der Waals surface area contributed by atoms with E-state index in [9.17, 15) is 22.4 Å². The summed E-state index contributed by atoms with van der Waals surface area (Å²) in [5.41, 5.74) is 0.0999. The third-order valence-electron chi connectivity index (χ3n) is 5.67. The van der Waals surface area contributed by atoms with Crippen LogP contribution in [0.15, 0.2) is 59.2 Å². The van der Waals surface area contributed by atoms with Gasteiger partial charge in [0.1, 0.15) is 12.1 Å². The van der Waals surface area contributed by atoms with Gasteiger partial charge in [-0.15, -0.1) is 0 Å². The fraction of sp³-hybridized carbons (Fsp3) is 0.360. The second-order valence-corrected chi connectivity index (χ2v) is 8.41. The first-order valence-electron chi connectivity index (χ1n) is 11.2. The van der Waals surface area contributed by atoms with Crippen molar-refractivity contribution >= 4 is 5.91 Å². The Hall–Kier alpha value is -3.24. The maximum atomic E-state index is 14.3. The lowest BCUT2D eigenvalue weighted by Gasteiger charge is -2.22.